The SMILES string of the molecule is CCn1c2ccccc2c2cc(N[C@H](C)C(=O)N(C)[C@H]3CCS(=O)(=O)C3)ccc21. The summed E-state index contributed by atoms with van der Waals surface area (Å²) in [5, 5.41) is 5.65. The molecule has 29 heavy (non-hydrogen) atoms. The number of sulfone groups is 1. The Kier molecular flexibility index (Phi) is 5.02. The second kappa shape index (κ2) is 7.37. The second-order valence-electron chi connectivity index (χ2n) is 7.87. The first-order valence-corrected chi connectivity index (χ1v) is 11.9. The Bertz CT molecular complexity index is 1180. The summed E-state index contributed by atoms with van der Waals surface area (Å²) in [7, 11) is -1.32. The van der Waals surface area contributed by atoms with E-state index in [2.05, 4.69) is 41.1 Å². The van der Waals surface area contributed by atoms with Gasteiger partial charge in [0.15, 0.2) is 9.84 Å². The number of hydrogen-bond donors (Lipinski definition) is 1. The number of benzene rings is 2. The zero-order chi connectivity index (χ0) is 20.8. The highest BCUT2D eigenvalue weighted by Crippen LogP contribution is 2.31. The van der Waals surface area contributed by atoms with E-state index in [1.165, 1.54) is 16.4 Å². The van der Waals surface area contributed by atoms with E-state index in [4.69, 9.17) is 0 Å². The van der Waals surface area contributed by atoms with Gasteiger partial charge in [-0.1, -0.05) is 18.2 Å². The quantitative estimate of drug-likeness (QED) is 0.697. The van der Waals surface area contributed by atoms with Crippen LogP contribution in [-0.2, 0) is 21.2 Å². The fourth-order valence-corrected chi connectivity index (χ4v) is 6.14. The molecule has 2 aromatic carbocycles. The molecule has 0 unspecified atom stereocenters. The van der Waals surface area contributed by atoms with Crippen LogP contribution < -0.4 is 5.32 Å². The molecule has 2 heterocycles. The molecular weight excluding hydrogens is 386 g/mol. The molecule has 1 aliphatic heterocycles. The second-order valence-corrected chi connectivity index (χ2v) is 10.1. The van der Waals surface area contributed by atoms with Gasteiger partial charge in [0.25, 0.3) is 0 Å². The third kappa shape index (κ3) is 3.59. The molecule has 0 bridgehead atoms. The minimum Gasteiger partial charge on any atom is -0.374 e. The maximum absolute atomic E-state index is 12.8. The Labute approximate surface area is 171 Å². The summed E-state index contributed by atoms with van der Waals surface area (Å²) >= 11 is 0. The van der Waals surface area contributed by atoms with Gasteiger partial charge < -0.3 is 14.8 Å². The average Bonchev–Trinajstić information content (AvgIpc) is 3.23. The van der Waals surface area contributed by atoms with Crippen LogP contribution >= 0.6 is 0 Å². The number of para-hydroxylation sites is 1. The van der Waals surface area contributed by atoms with Gasteiger partial charge in [-0.25, -0.2) is 8.42 Å². The summed E-state index contributed by atoms with van der Waals surface area (Å²) in [6.07, 6.45) is 0.514. The van der Waals surface area contributed by atoms with Crippen molar-refractivity contribution in [1.82, 2.24) is 9.47 Å². The lowest BCUT2D eigenvalue weighted by atomic mass is 10.1. The normalized spacial score (nSPS) is 19.5. The van der Waals surface area contributed by atoms with Crippen LogP contribution in [0.5, 0.6) is 0 Å². The van der Waals surface area contributed by atoms with Gasteiger partial charge in [-0.15, -0.1) is 0 Å². The molecule has 2 atom stereocenters. The lowest BCUT2D eigenvalue weighted by Gasteiger charge is -2.27. The van der Waals surface area contributed by atoms with Gasteiger partial charge in [0.05, 0.1) is 11.5 Å². The van der Waals surface area contributed by atoms with Crippen LogP contribution in [0.4, 0.5) is 5.69 Å². The number of carbonyl (C=O) groups excluding carboxylic acids is 1. The summed E-state index contributed by atoms with van der Waals surface area (Å²) in [4.78, 5) is 14.4. The Morgan fingerprint density at radius 3 is 2.62 bits per heavy atom. The first kappa shape index (κ1) is 19.8. The van der Waals surface area contributed by atoms with E-state index >= 15 is 0 Å². The maximum atomic E-state index is 12.8. The number of hydrogen-bond acceptors (Lipinski definition) is 4. The molecule has 0 radical (unpaired) electrons. The molecule has 1 amide bonds. The Balaban J connectivity index is 1.57. The van der Waals surface area contributed by atoms with Gasteiger partial charge in [-0.2, -0.15) is 0 Å². The molecule has 1 aliphatic rings. The van der Waals surface area contributed by atoms with E-state index in [0.29, 0.717) is 6.42 Å². The third-order valence-corrected chi connectivity index (χ3v) is 7.70. The molecule has 154 valence electrons. The van der Waals surface area contributed by atoms with E-state index in [0.717, 1.165) is 17.6 Å². The van der Waals surface area contributed by atoms with Crippen LogP contribution in [0.2, 0.25) is 0 Å². The first-order chi connectivity index (χ1) is 13.8. The van der Waals surface area contributed by atoms with Crippen LogP contribution in [0.25, 0.3) is 21.8 Å². The molecule has 3 aromatic rings. The number of carbonyl (C=O) groups is 1. The lowest BCUT2D eigenvalue weighted by Crippen LogP contribution is -2.45. The number of likely N-dealkylation sites (N-methyl/N-ethyl adjacent to an activating group) is 1. The molecule has 4 rings (SSSR count). The summed E-state index contributed by atoms with van der Waals surface area (Å²) < 4.78 is 25.8. The highest BCUT2D eigenvalue weighted by molar-refractivity contribution is 7.91. The van der Waals surface area contributed by atoms with Crippen LogP contribution in [0, 0.1) is 0 Å². The van der Waals surface area contributed by atoms with Crippen LogP contribution in [0.1, 0.15) is 20.3 Å². The molecule has 0 aliphatic carbocycles. The van der Waals surface area contributed by atoms with Gasteiger partial charge in [0.1, 0.15) is 6.04 Å². The number of amides is 1. The van der Waals surface area contributed by atoms with Gasteiger partial charge >= 0.3 is 0 Å². The van der Waals surface area contributed by atoms with E-state index < -0.39 is 15.9 Å². The molecule has 0 saturated carbocycles. The molecule has 6 nitrogen and oxygen atoms in total. The fraction of sp³-hybridized carbons (Fsp3) is 0.409. The third-order valence-electron chi connectivity index (χ3n) is 5.95. The van der Waals surface area contributed by atoms with E-state index in [-0.39, 0.29) is 23.5 Å². The molecular formula is C22H27N3O3S. The topological polar surface area (TPSA) is 71.4 Å². The highest BCUT2D eigenvalue weighted by Gasteiger charge is 2.34. The number of aryl methyl sites for hydroxylation is 1. The van der Waals surface area contributed by atoms with Crippen molar-refractivity contribution in [2.24, 2.45) is 0 Å². The number of anilines is 1. The van der Waals surface area contributed by atoms with Gasteiger partial charge in [-0.05, 0) is 44.5 Å². The Morgan fingerprint density at radius 1 is 1.21 bits per heavy atom. The first-order valence-electron chi connectivity index (χ1n) is 10.1. The molecule has 1 N–H and O–H groups in total. The Hall–Kier alpha value is -2.54. The van der Waals surface area contributed by atoms with Crippen molar-refractivity contribution in [1.29, 1.82) is 0 Å². The maximum Gasteiger partial charge on any atom is 0.244 e. The summed E-state index contributed by atoms with van der Waals surface area (Å²) in [6, 6.07) is 13.8. The molecule has 0 spiro atoms. The highest BCUT2D eigenvalue weighted by atomic mass is 32.2. The summed E-state index contributed by atoms with van der Waals surface area (Å²) in [6.45, 7) is 4.85. The average molecular weight is 414 g/mol. The number of nitrogens with one attached hydrogen (secondary N) is 1. The van der Waals surface area contributed by atoms with Crippen molar-refractivity contribution < 1.29 is 13.2 Å². The van der Waals surface area contributed by atoms with Crippen molar-refractivity contribution in [3.05, 3.63) is 42.5 Å². The molecule has 1 fully saturated rings. The number of rotatable bonds is 5. The summed E-state index contributed by atoms with van der Waals surface area (Å²) in [5.74, 6) is 0.128. The predicted octanol–water partition coefficient (Wildman–Crippen LogP) is 3.26. The largest absolute Gasteiger partial charge is 0.374 e. The minimum atomic E-state index is -3.02. The molecule has 1 saturated heterocycles. The van der Waals surface area contributed by atoms with Gasteiger partial charge in [-0.3, -0.25) is 4.79 Å². The minimum absolute atomic E-state index is 0.0600. The number of aromatic nitrogens is 1. The monoisotopic (exact) mass is 413 g/mol. The standard InChI is InChI=1S/C22H27N3O3S/c1-4-25-20-8-6-5-7-18(20)19-13-16(9-10-21(19)25)23-15(2)22(26)24(3)17-11-12-29(27,28)14-17/h5-10,13,15,17,23H,4,11-12,14H2,1-3H3/t15-,17+/m1/s1. The zero-order valence-electron chi connectivity index (χ0n) is 17.1. The zero-order valence-corrected chi connectivity index (χ0v) is 17.9. The number of nitrogens with zero attached hydrogens (tertiary/aromatic N) is 2. The van der Waals surface area contributed by atoms with Crippen molar-refractivity contribution in [2.45, 2.75) is 38.9 Å². The van der Waals surface area contributed by atoms with Crippen molar-refractivity contribution in [3.8, 4) is 0 Å². The van der Waals surface area contributed by atoms with Crippen molar-refractivity contribution >= 4 is 43.2 Å². The van der Waals surface area contributed by atoms with E-state index in [1.54, 1.807) is 11.9 Å². The summed E-state index contributed by atoms with van der Waals surface area (Å²) in [5.41, 5.74) is 3.25. The van der Waals surface area contributed by atoms with E-state index in [9.17, 15) is 13.2 Å². The van der Waals surface area contributed by atoms with Crippen molar-refractivity contribution in [2.75, 3.05) is 23.9 Å². The smallest absolute Gasteiger partial charge is 0.244 e. The van der Waals surface area contributed by atoms with E-state index in [1.807, 2.05) is 25.1 Å². The molecule has 1 aromatic heterocycles. The lowest BCUT2D eigenvalue weighted by molar-refractivity contribution is -0.132. The van der Waals surface area contributed by atoms with Gasteiger partial charge in [0, 0.05) is 47.1 Å². The van der Waals surface area contributed by atoms with Gasteiger partial charge in [0.2, 0.25) is 5.91 Å². The fourth-order valence-electron chi connectivity index (χ4n) is 4.36. The van der Waals surface area contributed by atoms with Crippen molar-refractivity contribution in [3.63, 3.8) is 0 Å². The van der Waals surface area contributed by atoms with Crippen LogP contribution in [0.3, 0.4) is 0 Å². The van der Waals surface area contributed by atoms with Crippen LogP contribution in [-0.4, -0.2) is 54.4 Å². The predicted molar refractivity (Wildman–Crippen MR) is 118 cm³/mol. The Morgan fingerprint density at radius 2 is 1.93 bits per heavy atom. The molecule has 7 heteroatoms. The number of fused-ring (bicyclic) bond motifs is 3. The van der Waals surface area contributed by atoms with Crippen LogP contribution in [0.15, 0.2) is 42.5 Å².